The van der Waals surface area contributed by atoms with Gasteiger partial charge in [-0.05, 0) is 30.2 Å². The Morgan fingerprint density at radius 1 is 0.952 bits per heavy atom. The molecule has 2 aromatic rings. The molecule has 5 nitrogen and oxygen atoms in total. The van der Waals surface area contributed by atoms with Crippen LogP contribution in [0.4, 0.5) is 5.95 Å². The van der Waals surface area contributed by atoms with Crippen molar-refractivity contribution in [3.05, 3.63) is 48.3 Å². The normalized spacial score (nSPS) is 16.1. The third kappa shape index (κ3) is 3.70. The number of rotatable bonds is 4. The Morgan fingerprint density at radius 3 is 2.29 bits per heavy atom. The fraction of sp³-hybridized carbons (Fsp3) is 0.375. The van der Waals surface area contributed by atoms with E-state index in [0.29, 0.717) is 5.75 Å². The van der Waals surface area contributed by atoms with Gasteiger partial charge in [0.2, 0.25) is 5.95 Å². The van der Waals surface area contributed by atoms with Gasteiger partial charge in [-0.25, -0.2) is 9.97 Å². The molecule has 3 rings (SSSR count). The number of aromatic nitrogens is 2. The summed E-state index contributed by atoms with van der Waals surface area (Å²) in [5.74, 6) is 1.16. The molecular formula is C16H20N4O. The highest BCUT2D eigenvalue weighted by molar-refractivity contribution is 5.29. The molecule has 0 spiro atoms. The van der Waals surface area contributed by atoms with Crippen LogP contribution < -0.4 is 4.90 Å². The molecule has 1 saturated heterocycles. The number of hydrogen-bond acceptors (Lipinski definition) is 5. The van der Waals surface area contributed by atoms with Crippen molar-refractivity contribution in [1.29, 1.82) is 0 Å². The van der Waals surface area contributed by atoms with Crippen LogP contribution in [0, 0.1) is 0 Å². The van der Waals surface area contributed by atoms with E-state index in [1.807, 2.05) is 18.2 Å². The summed E-state index contributed by atoms with van der Waals surface area (Å²) in [5, 5.41) is 9.28. The maximum Gasteiger partial charge on any atom is 0.225 e. The molecule has 1 aromatic heterocycles. The summed E-state index contributed by atoms with van der Waals surface area (Å²) in [6.45, 7) is 5.07. The van der Waals surface area contributed by atoms with Gasteiger partial charge in [0.1, 0.15) is 5.75 Å². The lowest BCUT2D eigenvalue weighted by Gasteiger charge is -2.34. The van der Waals surface area contributed by atoms with Crippen LogP contribution in [-0.4, -0.2) is 52.7 Å². The Kier molecular flexibility index (Phi) is 4.31. The third-order valence-electron chi connectivity index (χ3n) is 3.86. The van der Waals surface area contributed by atoms with E-state index in [2.05, 4.69) is 19.8 Å². The first-order valence-corrected chi connectivity index (χ1v) is 7.33. The number of aromatic hydroxyl groups is 1. The summed E-state index contributed by atoms with van der Waals surface area (Å²) in [6.07, 6.45) is 4.60. The van der Waals surface area contributed by atoms with E-state index >= 15 is 0 Å². The molecule has 1 aliphatic heterocycles. The molecule has 0 atom stereocenters. The maximum atomic E-state index is 9.28. The first-order valence-electron chi connectivity index (χ1n) is 7.33. The van der Waals surface area contributed by atoms with Crippen LogP contribution >= 0.6 is 0 Å². The molecule has 1 aromatic carbocycles. The molecule has 0 radical (unpaired) electrons. The van der Waals surface area contributed by atoms with Gasteiger partial charge in [-0.3, -0.25) is 4.90 Å². The number of anilines is 1. The number of nitrogens with zero attached hydrogens (tertiary/aromatic N) is 4. The fourth-order valence-electron chi connectivity index (χ4n) is 2.58. The molecule has 21 heavy (non-hydrogen) atoms. The average Bonchev–Trinajstić information content (AvgIpc) is 2.56. The number of hydrogen-bond donors (Lipinski definition) is 1. The summed E-state index contributed by atoms with van der Waals surface area (Å²) in [7, 11) is 0. The lowest BCUT2D eigenvalue weighted by Crippen LogP contribution is -2.47. The van der Waals surface area contributed by atoms with Gasteiger partial charge in [0.15, 0.2) is 0 Å². The number of phenols is 1. The molecule has 110 valence electrons. The van der Waals surface area contributed by atoms with Gasteiger partial charge in [-0.2, -0.15) is 0 Å². The summed E-state index contributed by atoms with van der Waals surface area (Å²) < 4.78 is 0. The van der Waals surface area contributed by atoms with Gasteiger partial charge >= 0.3 is 0 Å². The second-order valence-electron chi connectivity index (χ2n) is 5.29. The van der Waals surface area contributed by atoms with E-state index in [1.54, 1.807) is 24.5 Å². The Morgan fingerprint density at radius 2 is 1.62 bits per heavy atom. The standard InChI is InChI=1S/C16H20N4O/c21-15-4-2-14(3-5-15)6-9-19-10-12-20(13-11-19)16-17-7-1-8-18-16/h1-5,7-8,21H,6,9-13H2. The second kappa shape index (κ2) is 6.54. The topological polar surface area (TPSA) is 52.5 Å². The van der Waals surface area contributed by atoms with E-state index < -0.39 is 0 Å². The minimum Gasteiger partial charge on any atom is -0.508 e. The van der Waals surface area contributed by atoms with Crippen molar-refractivity contribution in [1.82, 2.24) is 14.9 Å². The highest BCUT2D eigenvalue weighted by atomic mass is 16.3. The van der Waals surface area contributed by atoms with Crippen molar-refractivity contribution in [2.75, 3.05) is 37.6 Å². The molecule has 2 heterocycles. The summed E-state index contributed by atoms with van der Waals surface area (Å²) in [6, 6.07) is 9.32. The molecule has 0 bridgehead atoms. The fourth-order valence-corrected chi connectivity index (χ4v) is 2.58. The van der Waals surface area contributed by atoms with E-state index in [9.17, 15) is 5.11 Å². The van der Waals surface area contributed by atoms with Crippen LogP contribution in [-0.2, 0) is 6.42 Å². The molecule has 0 aliphatic carbocycles. The minimum absolute atomic E-state index is 0.329. The molecule has 1 fully saturated rings. The molecule has 1 N–H and O–H groups in total. The molecular weight excluding hydrogens is 264 g/mol. The lowest BCUT2D eigenvalue weighted by molar-refractivity contribution is 0.260. The Hall–Kier alpha value is -2.14. The highest BCUT2D eigenvalue weighted by Crippen LogP contribution is 2.12. The Bertz CT molecular complexity index is 550. The van der Waals surface area contributed by atoms with Crippen molar-refractivity contribution < 1.29 is 5.11 Å². The minimum atomic E-state index is 0.329. The van der Waals surface area contributed by atoms with Crippen LogP contribution in [0.3, 0.4) is 0 Å². The predicted molar refractivity (Wildman–Crippen MR) is 82.5 cm³/mol. The van der Waals surface area contributed by atoms with Gasteiger partial charge in [0.05, 0.1) is 0 Å². The zero-order valence-electron chi connectivity index (χ0n) is 12.0. The monoisotopic (exact) mass is 284 g/mol. The van der Waals surface area contributed by atoms with Crippen molar-refractivity contribution >= 4 is 5.95 Å². The molecule has 0 amide bonds. The van der Waals surface area contributed by atoms with Crippen molar-refractivity contribution in [2.45, 2.75) is 6.42 Å². The predicted octanol–water partition coefficient (Wildman–Crippen LogP) is 1.55. The number of piperazine rings is 1. The van der Waals surface area contributed by atoms with Crippen LogP contribution in [0.2, 0.25) is 0 Å². The van der Waals surface area contributed by atoms with Crippen LogP contribution in [0.5, 0.6) is 5.75 Å². The zero-order chi connectivity index (χ0) is 14.5. The smallest absolute Gasteiger partial charge is 0.225 e. The molecule has 0 unspecified atom stereocenters. The van der Waals surface area contributed by atoms with Gasteiger partial charge in [-0.15, -0.1) is 0 Å². The van der Waals surface area contributed by atoms with Gasteiger partial charge < -0.3 is 10.0 Å². The SMILES string of the molecule is Oc1ccc(CCN2CCN(c3ncccn3)CC2)cc1. The largest absolute Gasteiger partial charge is 0.508 e. The molecule has 0 saturated carbocycles. The highest BCUT2D eigenvalue weighted by Gasteiger charge is 2.18. The van der Waals surface area contributed by atoms with Crippen LogP contribution in [0.25, 0.3) is 0 Å². The van der Waals surface area contributed by atoms with E-state index in [1.165, 1.54) is 5.56 Å². The van der Waals surface area contributed by atoms with E-state index in [4.69, 9.17) is 0 Å². The van der Waals surface area contributed by atoms with E-state index in [-0.39, 0.29) is 0 Å². The Balaban J connectivity index is 1.47. The van der Waals surface area contributed by atoms with E-state index in [0.717, 1.165) is 45.1 Å². The van der Waals surface area contributed by atoms with Gasteiger partial charge in [0, 0.05) is 45.1 Å². The maximum absolute atomic E-state index is 9.28. The summed E-state index contributed by atoms with van der Waals surface area (Å²) in [4.78, 5) is 13.3. The van der Waals surface area contributed by atoms with Crippen LogP contribution in [0.1, 0.15) is 5.56 Å². The summed E-state index contributed by atoms with van der Waals surface area (Å²) in [5.41, 5.74) is 1.27. The van der Waals surface area contributed by atoms with Crippen molar-refractivity contribution in [3.8, 4) is 5.75 Å². The van der Waals surface area contributed by atoms with Crippen molar-refractivity contribution in [2.24, 2.45) is 0 Å². The van der Waals surface area contributed by atoms with Crippen molar-refractivity contribution in [3.63, 3.8) is 0 Å². The number of benzene rings is 1. The third-order valence-corrected chi connectivity index (χ3v) is 3.86. The summed E-state index contributed by atoms with van der Waals surface area (Å²) >= 11 is 0. The zero-order valence-corrected chi connectivity index (χ0v) is 12.0. The quantitative estimate of drug-likeness (QED) is 0.923. The lowest BCUT2D eigenvalue weighted by atomic mass is 10.1. The number of phenolic OH excluding ortho intramolecular Hbond substituents is 1. The van der Waals surface area contributed by atoms with Gasteiger partial charge in [-0.1, -0.05) is 12.1 Å². The average molecular weight is 284 g/mol. The first kappa shape index (κ1) is 13.8. The Labute approximate surface area is 124 Å². The van der Waals surface area contributed by atoms with Crippen LogP contribution in [0.15, 0.2) is 42.7 Å². The first-order chi connectivity index (χ1) is 10.3. The van der Waals surface area contributed by atoms with Gasteiger partial charge in [0.25, 0.3) is 0 Å². The molecule has 1 aliphatic rings. The molecule has 5 heteroatoms. The second-order valence-corrected chi connectivity index (χ2v) is 5.29.